The van der Waals surface area contributed by atoms with E-state index >= 15 is 0 Å². The maximum Gasteiger partial charge on any atom is 0.230 e. The summed E-state index contributed by atoms with van der Waals surface area (Å²) in [5.74, 6) is 2.09. The molecule has 1 heterocycles. The van der Waals surface area contributed by atoms with Gasteiger partial charge in [0, 0.05) is 22.3 Å². The molecule has 5 nitrogen and oxygen atoms in total. The second kappa shape index (κ2) is 9.28. The molecule has 0 aromatic heterocycles. The molecule has 0 fully saturated rings. The second-order valence-corrected chi connectivity index (χ2v) is 8.79. The first-order valence-electron chi connectivity index (χ1n) is 11.9. The molecule has 0 amide bonds. The van der Waals surface area contributed by atoms with Gasteiger partial charge in [0.05, 0.1) is 7.11 Å². The highest BCUT2D eigenvalue weighted by molar-refractivity contribution is 6.11. The van der Waals surface area contributed by atoms with Gasteiger partial charge in [0.15, 0.2) is 5.78 Å². The molecule has 0 aliphatic carbocycles. The van der Waals surface area contributed by atoms with E-state index in [2.05, 4.69) is 6.07 Å². The third kappa shape index (κ3) is 4.10. The van der Waals surface area contributed by atoms with Crippen LogP contribution in [0.3, 0.4) is 0 Å². The smallest absolute Gasteiger partial charge is 0.230 e. The SMILES string of the molecule is COc1ccc(C(=O)/C=C/c2ccc3c4c(ccc3c2)OCOc2ccc3cc(C=O)ccc3c2-4)cc1. The number of aldehydes is 1. The molecule has 0 saturated heterocycles. The monoisotopic (exact) mass is 486 g/mol. The van der Waals surface area contributed by atoms with Crippen molar-refractivity contribution < 1.29 is 23.8 Å². The molecule has 0 unspecified atom stereocenters. The van der Waals surface area contributed by atoms with Crippen LogP contribution in [-0.2, 0) is 0 Å². The van der Waals surface area contributed by atoms with Gasteiger partial charge < -0.3 is 14.2 Å². The van der Waals surface area contributed by atoms with Crippen LogP contribution < -0.4 is 14.2 Å². The minimum absolute atomic E-state index is 0.0784. The molecule has 0 bridgehead atoms. The normalized spacial score (nSPS) is 12.4. The molecule has 180 valence electrons. The average molecular weight is 487 g/mol. The van der Waals surface area contributed by atoms with Gasteiger partial charge in [-0.15, -0.1) is 0 Å². The fourth-order valence-corrected chi connectivity index (χ4v) is 4.77. The lowest BCUT2D eigenvalue weighted by Crippen LogP contribution is -2.03. The Labute approximate surface area is 213 Å². The van der Waals surface area contributed by atoms with E-state index in [0.717, 1.165) is 56.0 Å². The fourth-order valence-electron chi connectivity index (χ4n) is 4.77. The highest BCUT2D eigenvalue weighted by Crippen LogP contribution is 2.47. The Morgan fingerprint density at radius 1 is 0.757 bits per heavy atom. The summed E-state index contributed by atoms with van der Waals surface area (Å²) in [6, 6.07) is 26.6. The van der Waals surface area contributed by atoms with Crippen LogP contribution in [0.15, 0.2) is 91.0 Å². The van der Waals surface area contributed by atoms with Gasteiger partial charge in [-0.1, -0.05) is 42.5 Å². The van der Waals surface area contributed by atoms with Crippen molar-refractivity contribution in [3.05, 3.63) is 108 Å². The van der Waals surface area contributed by atoms with Gasteiger partial charge in [-0.05, 0) is 81.7 Å². The van der Waals surface area contributed by atoms with Gasteiger partial charge in [-0.3, -0.25) is 9.59 Å². The predicted octanol–water partition coefficient (Wildman–Crippen LogP) is 7.11. The maximum atomic E-state index is 12.6. The Morgan fingerprint density at radius 3 is 1.95 bits per heavy atom. The van der Waals surface area contributed by atoms with E-state index in [1.54, 1.807) is 37.5 Å². The van der Waals surface area contributed by atoms with Crippen LogP contribution in [0.5, 0.6) is 17.2 Å². The van der Waals surface area contributed by atoms with Crippen LogP contribution in [0.1, 0.15) is 26.3 Å². The molecule has 0 spiro atoms. The summed E-state index contributed by atoms with van der Waals surface area (Å²) in [6.07, 6.45) is 4.25. The molecule has 0 atom stereocenters. The zero-order valence-corrected chi connectivity index (χ0v) is 20.1. The summed E-state index contributed by atoms with van der Waals surface area (Å²) in [6.45, 7) is 0.109. The van der Waals surface area contributed by atoms with Crippen LogP contribution in [0.2, 0.25) is 0 Å². The summed E-state index contributed by atoms with van der Waals surface area (Å²) in [5, 5.41) is 3.95. The van der Waals surface area contributed by atoms with Crippen LogP contribution in [-0.4, -0.2) is 26.0 Å². The number of ketones is 1. The third-order valence-electron chi connectivity index (χ3n) is 6.63. The second-order valence-electron chi connectivity index (χ2n) is 8.79. The van der Waals surface area contributed by atoms with Crippen LogP contribution >= 0.6 is 0 Å². The Balaban J connectivity index is 1.43. The first-order valence-corrected chi connectivity index (χ1v) is 11.9. The molecule has 5 heteroatoms. The van der Waals surface area contributed by atoms with Crippen molar-refractivity contribution in [2.24, 2.45) is 0 Å². The molecular weight excluding hydrogens is 464 g/mol. The van der Waals surface area contributed by atoms with Crippen LogP contribution in [0.4, 0.5) is 0 Å². The maximum absolute atomic E-state index is 12.6. The molecule has 5 aromatic carbocycles. The van der Waals surface area contributed by atoms with Crippen molar-refractivity contribution in [3.8, 4) is 28.4 Å². The van der Waals surface area contributed by atoms with Gasteiger partial charge in [-0.2, -0.15) is 0 Å². The Hall–Kier alpha value is -4.90. The van der Waals surface area contributed by atoms with E-state index < -0.39 is 0 Å². The van der Waals surface area contributed by atoms with Crippen LogP contribution in [0.25, 0.3) is 38.7 Å². The molecule has 1 aliphatic heterocycles. The van der Waals surface area contributed by atoms with Gasteiger partial charge in [0.25, 0.3) is 0 Å². The lowest BCUT2D eigenvalue weighted by Gasteiger charge is -2.14. The largest absolute Gasteiger partial charge is 0.497 e. The molecule has 1 aliphatic rings. The van der Waals surface area contributed by atoms with Gasteiger partial charge in [-0.25, -0.2) is 0 Å². The van der Waals surface area contributed by atoms with Crippen molar-refractivity contribution in [3.63, 3.8) is 0 Å². The number of ether oxygens (including phenoxy) is 3. The minimum Gasteiger partial charge on any atom is -0.497 e. The Bertz CT molecular complexity index is 1710. The van der Waals surface area contributed by atoms with E-state index in [4.69, 9.17) is 14.2 Å². The molecule has 0 saturated carbocycles. The van der Waals surface area contributed by atoms with Gasteiger partial charge >= 0.3 is 0 Å². The molecule has 6 rings (SSSR count). The molecule has 37 heavy (non-hydrogen) atoms. The zero-order chi connectivity index (χ0) is 25.4. The summed E-state index contributed by atoms with van der Waals surface area (Å²) < 4.78 is 17.1. The summed E-state index contributed by atoms with van der Waals surface area (Å²) in [4.78, 5) is 24.0. The Morgan fingerprint density at radius 2 is 1.35 bits per heavy atom. The number of fused-ring (bicyclic) bond motifs is 7. The first-order chi connectivity index (χ1) is 18.1. The van der Waals surface area contributed by atoms with E-state index in [1.165, 1.54) is 0 Å². The predicted molar refractivity (Wildman–Crippen MR) is 145 cm³/mol. The van der Waals surface area contributed by atoms with Crippen molar-refractivity contribution in [2.75, 3.05) is 13.9 Å². The van der Waals surface area contributed by atoms with E-state index in [9.17, 15) is 9.59 Å². The number of hydrogen-bond acceptors (Lipinski definition) is 5. The highest BCUT2D eigenvalue weighted by Gasteiger charge is 2.22. The summed E-state index contributed by atoms with van der Waals surface area (Å²) >= 11 is 0. The zero-order valence-electron chi connectivity index (χ0n) is 20.1. The van der Waals surface area contributed by atoms with Crippen molar-refractivity contribution in [1.82, 2.24) is 0 Å². The number of hydrogen-bond donors (Lipinski definition) is 0. The molecular formula is C32H22O5. The number of benzene rings is 5. The molecule has 0 N–H and O–H groups in total. The topological polar surface area (TPSA) is 61.8 Å². The van der Waals surface area contributed by atoms with E-state index in [-0.39, 0.29) is 12.6 Å². The van der Waals surface area contributed by atoms with E-state index in [1.807, 2.05) is 60.7 Å². The quantitative estimate of drug-likeness (QED) is 0.151. The third-order valence-corrected chi connectivity index (χ3v) is 6.63. The minimum atomic E-state index is -0.0784. The highest BCUT2D eigenvalue weighted by atomic mass is 16.7. The summed E-state index contributed by atoms with van der Waals surface area (Å²) in [7, 11) is 1.60. The van der Waals surface area contributed by atoms with Crippen LogP contribution in [0, 0.1) is 0 Å². The number of methoxy groups -OCH3 is 1. The number of rotatable bonds is 5. The van der Waals surface area contributed by atoms with Crippen molar-refractivity contribution in [2.45, 2.75) is 0 Å². The summed E-state index contributed by atoms with van der Waals surface area (Å²) in [5.41, 5.74) is 4.01. The number of carbonyl (C=O) groups excluding carboxylic acids is 2. The molecule has 5 aromatic rings. The first kappa shape index (κ1) is 22.6. The Kier molecular flexibility index (Phi) is 5.66. The lowest BCUT2D eigenvalue weighted by atomic mass is 9.91. The number of carbonyl (C=O) groups is 2. The van der Waals surface area contributed by atoms with E-state index in [0.29, 0.717) is 16.9 Å². The molecule has 0 radical (unpaired) electrons. The average Bonchev–Trinajstić information content (AvgIpc) is 3.15. The van der Waals surface area contributed by atoms with Gasteiger partial charge in [0.2, 0.25) is 6.79 Å². The fraction of sp³-hybridized carbons (Fsp3) is 0.0625. The lowest BCUT2D eigenvalue weighted by molar-refractivity contribution is 0.104. The number of allylic oxidation sites excluding steroid dienone is 1. The van der Waals surface area contributed by atoms with Crippen molar-refractivity contribution in [1.29, 1.82) is 0 Å². The van der Waals surface area contributed by atoms with Gasteiger partial charge in [0.1, 0.15) is 23.5 Å². The standard InChI is InChI=1S/C32H22O5/c1-35-25-9-5-22(6-10-25)28(34)13-4-20-2-11-26-23(16-20)7-14-29-31(26)32-27-12-3-21(18-33)17-24(27)8-15-30(32)37-19-36-29/h2-18H,19H2,1H3/b13-4+. The van der Waals surface area contributed by atoms with Crippen molar-refractivity contribution >= 4 is 39.7 Å².